The van der Waals surface area contributed by atoms with Gasteiger partial charge in [-0.2, -0.15) is 0 Å². The molecule has 5 nitrogen and oxygen atoms in total. The fourth-order valence-corrected chi connectivity index (χ4v) is 1.30. The molecule has 94 valence electrons. The zero-order chi connectivity index (χ0) is 12.8. The highest BCUT2D eigenvalue weighted by molar-refractivity contribution is 5.83. The molecule has 0 saturated heterocycles. The molecule has 17 heavy (non-hydrogen) atoms. The van der Waals surface area contributed by atoms with E-state index >= 15 is 0 Å². The predicted octanol–water partition coefficient (Wildman–Crippen LogP) is 1.42. The largest absolute Gasteiger partial charge is 0.357 e. The summed E-state index contributed by atoms with van der Waals surface area (Å²) in [5, 5.41) is 5.86. The Morgan fingerprint density at radius 1 is 1.41 bits per heavy atom. The molecule has 0 aliphatic rings. The van der Waals surface area contributed by atoms with E-state index in [0.29, 0.717) is 12.4 Å². The average molecular weight is 236 g/mol. The van der Waals surface area contributed by atoms with Crippen LogP contribution in [0.1, 0.15) is 31.7 Å². The van der Waals surface area contributed by atoms with Crippen LogP contribution in [0.15, 0.2) is 6.20 Å². The van der Waals surface area contributed by atoms with Crippen LogP contribution in [0.4, 0.5) is 5.82 Å². The Morgan fingerprint density at radius 2 is 2.12 bits per heavy atom. The third-order valence-corrected chi connectivity index (χ3v) is 2.50. The second kappa shape index (κ2) is 6.18. The van der Waals surface area contributed by atoms with Crippen LogP contribution in [0.5, 0.6) is 0 Å². The lowest BCUT2D eigenvalue weighted by Crippen LogP contribution is -2.38. The van der Waals surface area contributed by atoms with Gasteiger partial charge in [0.15, 0.2) is 0 Å². The first-order valence-corrected chi connectivity index (χ1v) is 5.89. The molecule has 2 N–H and O–H groups in total. The molecular weight excluding hydrogens is 216 g/mol. The van der Waals surface area contributed by atoms with E-state index in [1.54, 1.807) is 6.20 Å². The van der Waals surface area contributed by atoms with Crippen molar-refractivity contribution in [2.24, 2.45) is 0 Å². The third kappa shape index (κ3) is 4.01. The van der Waals surface area contributed by atoms with E-state index in [0.717, 1.165) is 17.8 Å². The lowest BCUT2D eigenvalue weighted by Gasteiger charge is -2.14. The molecule has 1 atom stereocenters. The van der Waals surface area contributed by atoms with E-state index in [1.165, 1.54) is 0 Å². The van der Waals surface area contributed by atoms with E-state index in [4.69, 9.17) is 0 Å². The number of carbonyl (C=O) groups is 1. The summed E-state index contributed by atoms with van der Waals surface area (Å²) < 4.78 is 0. The Labute approximate surface area is 102 Å². The number of carbonyl (C=O) groups excluding carboxylic acids is 1. The fraction of sp³-hybridized carbons (Fsp3) is 0.583. The zero-order valence-electron chi connectivity index (χ0n) is 10.9. The van der Waals surface area contributed by atoms with Crippen LogP contribution in [0.2, 0.25) is 0 Å². The maximum absolute atomic E-state index is 11.6. The number of amides is 1. The normalized spacial score (nSPS) is 12.0. The summed E-state index contributed by atoms with van der Waals surface area (Å²) in [7, 11) is 0. The van der Waals surface area contributed by atoms with Gasteiger partial charge in [-0.15, -0.1) is 0 Å². The molecule has 1 heterocycles. The van der Waals surface area contributed by atoms with Crippen molar-refractivity contribution in [3.63, 3.8) is 0 Å². The maximum atomic E-state index is 11.6. The van der Waals surface area contributed by atoms with Gasteiger partial charge in [-0.05, 0) is 27.2 Å². The zero-order valence-corrected chi connectivity index (χ0v) is 10.9. The van der Waals surface area contributed by atoms with Gasteiger partial charge in [-0.3, -0.25) is 9.78 Å². The number of rotatable bonds is 5. The minimum Gasteiger partial charge on any atom is -0.357 e. The van der Waals surface area contributed by atoms with Gasteiger partial charge in [0.05, 0.1) is 17.6 Å². The molecule has 0 bridgehead atoms. The number of aromatic nitrogens is 2. The number of anilines is 1. The summed E-state index contributed by atoms with van der Waals surface area (Å²) in [6.07, 6.45) is 2.58. The molecule has 0 fully saturated rings. The smallest absolute Gasteiger partial charge is 0.242 e. The maximum Gasteiger partial charge on any atom is 0.242 e. The summed E-state index contributed by atoms with van der Waals surface area (Å²) >= 11 is 0. The molecule has 0 aliphatic carbocycles. The highest BCUT2D eigenvalue weighted by Gasteiger charge is 2.12. The second-order valence-electron chi connectivity index (χ2n) is 4.08. The summed E-state index contributed by atoms with van der Waals surface area (Å²) in [4.78, 5) is 20.2. The van der Waals surface area contributed by atoms with Crippen molar-refractivity contribution < 1.29 is 4.79 Å². The molecule has 1 amide bonds. The predicted molar refractivity (Wildman–Crippen MR) is 67.9 cm³/mol. The van der Waals surface area contributed by atoms with Gasteiger partial charge in [0.25, 0.3) is 0 Å². The van der Waals surface area contributed by atoms with Crippen LogP contribution in [-0.2, 0) is 4.79 Å². The van der Waals surface area contributed by atoms with Gasteiger partial charge < -0.3 is 10.6 Å². The molecule has 0 aliphatic heterocycles. The SMILES string of the molecule is CCCNC(=O)C(C)Nc1cnc(C)c(C)n1. The van der Waals surface area contributed by atoms with E-state index in [1.807, 2.05) is 27.7 Å². The molecule has 1 rings (SSSR count). The van der Waals surface area contributed by atoms with Crippen LogP contribution in [0, 0.1) is 13.8 Å². The van der Waals surface area contributed by atoms with Crippen molar-refractivity contribution in [2.75, 3.05) is 11.9 Å². The van der Waals surface area contributed by atoms with Crippen molar-refractivity contribution in [1.82, 2.24) is 15.3 Å². The van der Waals surface area contributed by atoms with E-state index in [9.17, 15) is 4.79 Å². The van der Waals surface area contributed by atoms with Gasteiger partial charge in [-0.25, -0.2) is 4.98 Å². The lowest BCUT2D eigenvalue weighted by molar-refractivity contribution is -0.121. The monoisotopic (exact) mass is 236 g/mol. The highest BCUT2D eigenvalue weighted by Crippen LogP contribution is 2.06. The quantitative estimate of drug-likeness (QED) is 0.811. The summed E-state index contributed by atoms with van der Waals surface area (Å²) in [5.74, 6) is 0.610. The van der Waals surface area contributed by atoms with E-state index in [-0.39, 0.29) is 11.9 Å². The summed E-state index contributed by atoms with van der Waals surface area (Å²) in [6.45, 7) is 8.33. The molecule has 0 radical (unpaired) electrons. The van der Waals surface area contributed by atoms with Gasteiger partial charge >= 0.3 is 0 Å². The van der Waals surface area contributed by atoms with Gasteiger partial charge in [0, 0.05) is 6.54 Å². The molecule has 5 heteroatoms. The Morgan fingerprint density at radius 3 is 2.71 bits per heavy atom. The number of nitrogens with zero attached hydrogens (tertiary/aromatic N) is 2. The average Bonchev–Trinajstić information content (AvgIpc) is 2.30. The van der Waals surface area contributed by atoms with Crippen molar-refractivity contribution in [3.05, 3.63) is 17.6 Å². The van der Waals surface area contributed by atoms with Crippen LogP contribution >= 0.6 is 0 Å². The van der Waals surface area contributed by atoms with E-state index in [2.05, 4.69) is 20.6 Å². The number of hydrogen-bond donors (Lipinski definition) is 2. The highest BCUT2D eigenvalue weighted by atomic mass is 16.2. The molecule has 1 aromatic heterocycles. The molecule has 1 aromatic rings. The van der Waals surface area contributed by atoms with Crippen LogP contribution in [0.25, 0.3) is 0 Å². The van der Waals surface area contributed by atoms with Gasteiger partial charge in [0.1, 0.15) is 11.9 Å². The minimum atomic E-state index is -0.307. The van der Waals surface area contributed by atoms with Crippen molar-refractivity contribution in [1.29, 1.82) is 0 Å². The Kier molecular flexibility index (Phi) is 4.87. The second-order valence-corrected chi connectivity index (χ2v) is 4.08. The van der Waals surface area contributed by atoms with Crippen molar-refractivity contribution in [2.45, 2.75) is 40.2 Å². The summed E-state index contributed by atoms with van der Waals surface area (Å²) in [5.41, 5.74) is 1.77. The van der Waals surface area contributed by atoms with Gasteiger partial charge in [0.2, 0.25) is 5.91 Å². The Hall–Kier alpha value is -1.65. The third-order valence-electron chi connectivity index (χ3n) is 2.50. The summed E-state index contributed by atoms with van der Waals surface area (Å²) in [6, 6.07) is -0.307. The Balaban J connectivity index is 2.58. The standard InChI is InChI=1S/C12H20N4O/c1-5-6-13-12(17)10(4)16-11-7-14-8(2)9(3)15-11/h7,10H,5-6H2,1-4H3,(H,13,17)(H,15,16). The van der Waals surface area contributed by atoms with Crippen molar-refractivity contribution in [3.8, 4) is 0 Å². The Bertz CT molecular complexity index is 392. The van der Waals surface area contributed by atoms with Crippen LogP contribution in [0.3, 0.4) is 0 Å². The van der Waals surface area contributed by atoms with Crippen molar-refractivity contribution >= 4 is 11.7 Å². The molecule has 0 spiro atoms. The molecular formula is C12H20N4O. The first-order valence-electron chi connectivity index (χ1n) is 5.89. The fourth-order valence-electron chi connectivity index (χ4n) is 1.30. The molecule has 0 aromatic carbocycles. The van der Waals surface area contributed by atoms with Crippen LogP contribution < -0.4 is 10.6 Å². The molecule has 0 saturated carbocycles. The first kappa shape index (κ1) is 13.4. The number of nitrogens with one attached hydrogen (secondary N) is 2. The molecule has 1 unspecified atom stereocenters. The topological polar surface area (TPSA) is 66.9 Å². The van der Waals surface area contributed by atoms with E-state index < -0.39 is 0 Å². The lowest BCUT2D eigenvalue weighted by atomic mass is 10.3. The van der Waals surface area contributed by atoms with Gasteiger partial charge in [-0.1, -0.05) is 6.92 Å². The number of hydrogen-bond acceptors (Lipinski definition) is 4. The number of aryl methyl sites for hydroxylation is 2. The minimum absolute atomic E-state index is 0.0214. The first-order chi connectivity index (χ1) is 8.04. The van der Waals surface area contributed by atoms with Crippen LogP contribution in [-0.4, -0.2) is 28.5 Å².